The SMILES string of the molecule is CC(C)CCNc1ccnc(C(=O)Nc2ccccc2F)c1. The molecule has 0 aliphatic carbocycles. The number of halogens is 1. The van der Waals surface area contributed by atoms with Gasteiger partial charge in [0, 0.05) is 18.4 Å². The number of carbonyl (C=O) groups is 1. The molecule has 0 saturated carbocycles. The van der Waals surface area contributed by atoms with Crippen molar-refractivity contribution in [2.45, 2.75) is 20.3 Å². The summed E-state index contributed by atoms with van der Waals surface area (Å²) in [4.78, 5) is 16.2. The largest absolute Gasteiger partial charge is 0.385 e. The van der Waals surface area contributed by atoms with Gasteiger partial charge >= 0.3 is 0 Å². The van der Waals surface area contributed by atoms with Gasteiger partial charge in [0.25, 0.3) is 5.91 Å². The van der Waals surface area contributed by atoms with E-state index in [-0.39, 0.29) is 11.4 Å². The molecule has 0 aliphatic heterocycles. The smallest absolute Gasteiger partial charge is 0.274 e. The molecule has 2 rings (SSSR count). The van der Waals surface area contributed by atoms with E-state index in [4.69, 9.17) is 0 Å². The third-order valence-corrected chi connectivity index (χ3v) is 3.17. The van der Waals surface area contributed by atoms with E-state index in [9.17, 15) is 9.18 Å². The number of carbonyl (C=O) groups excluding carboxylic acids is 1. The summed E-state index contributed by atoms with van der Waals surface area (Å²) in [6.07, 6.45) is 2.60. The number of nitrogens with zero attached hydrogens (tertiary/aromatic N) is 1. The van der Waals surface area contributed by atoms with Gasteiger partial charge in [-0.15, -0.1) is 0 Å². The van der Waals surface area contributed by atoms with E-state index in [2.05, 4.69) is 29.5 Å². The van der Waals surface area contributed by atoms with E-state index >= 15 is 0 Å². The maximum absolute atomic E-state index is 13.5. The molecule has 1 aromatic heterocycles. The maximum Gasteiger partial charge on any atom is 0.274 e. The number of benzene rings is 1. The third kappa shape index (κ3) is 4.55. The van der Waals surface area contributed by atoms with Crippen LogP contribution in [-0.4, -0.2) is 17.4 Å². The van der Waals surface area contributed by atoms with Gasteiger partial charge in [-0.2, -0.15) is 0 Å². The van der Waals surface area contributed by atoms with Crippen LogP contribution in [0, 0.1) is 11.7 Å². The van der Waals surface area contributed by atoms with E-state index in [0.29, 0.717) is 5.92 Å². The zero-order valence-electron chi connectivity index (χ0n) is 12.8. The summed E-state index contributed by atoms with van der Waals surface area (Å²) in [6.45, 7) is 5.14. The first-order valence-corrected chi connectivity index (χ1v) is 7.32. The summed E-state index contributed by atoms with van der Waals surface area (Å²) in [5.41, 5.74) is 1.22. The molecule has 4 nitrogen and oxygen atoms in total. The number of para-hydroxylation sites is 1. The minimum atomic E-state index is -0.470. The van der Waals surface area contributed by atoms with Gasteiger partial charge in [0.2, 0.25) is 0 Å². The zero-order chi connectivity index (χ0) is 15.9. The monoisotopic (exact) mass is 301 g/mol. The van der Waals surface area contributed by atoms with Crippen molar-refractivity contribution in [3.05, 3.63) is 54.1 Å². The Hall–Kier alpha value is -2.43. The van der Waals surface area contributed by atoms with Gasteiger partial charge in [-0.1, -0.05) is 26.0 Å². The Morgan fingerprint density at radius 3 is 2.77 bits per heavy atom. The number of pyridine rings is 1. The molecule has 1 heterocycles. The molecule has 0 atom stereocenters. The topological polar surface area (TPSA) is 54.0 Å². The van der Waals surface area contributed by atoms with E-state index in [1.54, 1.807) is 30.5 Å². The van der Waals surface area contributed by atoms with Gasteiger partial charge in [0.1, 0.15) is 11.5 Å². The lowest BCUT2D eigenvalue weighted by atomic mass is 10.1. The molecule has 0 radical (unpaired) electrons. The number of hydrogen-bond donors (Lipinski definition) is 2. The van der Waals surface area contributed by atoms with E-state index in [0.717, 1.165) is 18.7 Å². The van der Waals surface area contributed by atoms with Gasteiger partial charge < -0.3 is 10.6 Å². The Bertz CT molecular complexity index is 643. The predicted octanol–water partition coefficient (Wildman–Crippen LogP) is 3.93. The number of aromatic nitrogens is 1. The number of anilines is 2. The van der Waals surface area contributed by atoms with Crippen molar-refractivity contribution in [1.29, 1.82) is 0 Å². The second kappa shape index (κ2) is 7.54. The van der Waals surface area contributed by atoms with Crippen LogP contribution in [0.2, 0.25) is 0 Å². The van der Waals surface area contributed by atoms with Gasteiger partial charge in [0.15, 0.2) is 0 Å². The second-order valence-electron chi connectivity index (χ2n) is 5.47. The Labute approximate surface area is 129 Å². The zero-order valence-corrected chi connectivity index (χ0v) is 12.8. The molecule has 0 fully saturated rings. The molecule has 2 aromatic rings. The van der Waals surface area contributed by atoms with Crippen LogP contribution in [0.5, 0.6) is 0 Å². The van der Waals surface area contributed by atoms with Crippen LogP contribution < -0.4 is 10.6 Å². The highest BCUT2D eigenvalue weighted by atomic mass is 19.1. The minimum Gasteiger partial charge on any atom is -0.385 e. The summed E-state index contributed by atoms with van der Waals surface area (Å²) >= 11 is 0. The molecule has 1 aromatic carbocycles. The van der Waals surface area contributed by atoms with Crippen LogP contribution in [0.1, 0.15) is 30.8 Å². The molecule has 0 spiro atoms. The highest BCUT2D eigenvalue weighted by Crippen LogP contribution is 2.15. The molecule has 0 bridgehead atoms. The molecule has 0 aliphatic rings. The first-order valence-electron chi connectivity index (χ1n) is 7.32. The van der Waals surface area contributed by atoms with Crippen molar-refractivity contribution < 1.29 is 9.18 Å². The molecule has 22 heavy (non-hydrogen) atoms. The fraction of sp³-hybridized carbons (Fsp3) is 0.294. The highest BCUT2D eigenvalue weighted by molar-refractivity contribution is 6.03. The van der Waals surface area contributed by atoms with Gasteiger partial charge in [0.05, 0.1) is 5.69 Å². The quantitative estimate of drug-likeness (QED) is 0.850. The van der Waals surface area contributed by atoms with Crippen LogP contribution in [0.3, 0.4) is 0 Å². The van der Waals surface area contributed by atoms with Crippen molar-refractivity contribution in [3.8, 4) is 0 Å². The van der Waals surface area contributed by atoms with E-state index < -0.39 is 11.7 Å². The fourth-order valence-corrected chi connectivity index (χ4v) is 1.92. The Morgan fingerprint density at radius 2 is 2.05 bits per heavy atom. The molecular weight excluding hydrogens is 281 g/mol. The lowest BCUT2D eigenvalue weighted by Crippen LogP contribution is -2.15. The standard InChI is InChI=1S/C17H20FN3O/c1-12(2)7-9-19-13-8-10-20-16(11-13)17(22)21-15-6-4-3-5-14(15)18/h3-6,8,10-12H,7,9H2,1-2H3,(H,19,20)(H,21,22). The summed E-state index contributed by atoms with van der Waals surface area (Å²) in [7, 11) is 0. The molecule has 2 N–H and O–H groups in total. The highest BCUT2D eigenvalue weighted by Gasteiger charge is 2.10. The number of rotatable bonds is 6. The van der Waals surface area contributed by atoms with Crippen LogP contribution in [0.4, 0.5) is 15.8 Å². The molecule has 116 valence electrons. The normalized spacial score (nSPS) is 10.5. The molecule has 0 unspecified atom stereocenters. The summed E-state index contributed by atoms with van der Waals surface area (Å²) in [6, 6.07) is 9.51. The lowest BCUT2D eigenvalue weighted by molar-refractivity contribution is 0.102. The third-order valence-electron chi connectivity index (χ3n) is 3.17. The van der Waals surface area contributed by atoms with Gasteiger partial charge in [-0.25, -0.2) is 4.39 Å². The average molecular weight is 301 g/mol. The average Bonchev–Trinajstić information content (AvgIpc) is 2.49. The Balaban J connectivity index is 2.02. The van der Waals surface area contributed by atoms with Crippen molar-refractivity contribution in [1.82, 2.24) is 4.98 Å². The van der Waals surface area contributed by atoms with Crippen molar-refractivity contribution in [2.75, 3.05) is 17.2 Å². The first kappa shape index (κ1) is 15.9. The maximum atomic E-state index is 13.5. The van der Waals surface area contributed by atoms with Crippen molar-refractivity contribution in [2.24, 2.45) is 5.92 Å². The molecule has 1 amide bonds. The first-order chi connectivity index (χ1) is 10.6. The number of amides is 1. The van der Waals surface area contributed by atoms with E-state index in [1.807, 2.05) is 0 Å². The number of hydrogen-bond acceptors (Lipinski definition) is 3. The summed E-state index contributed by atoms with van der Waals surface area (Å²) in [5.74, 6) is -0.294. The summed E-state index contributed by atoms with van der Waals surface area (Å²) < 4.78 is 13.5. The Morgan fingerprint density at radius 1 is 1.27 bits per heavy atom. The number of nitrogens with one attached hydrogen (secondary N) is 2. The van der Waals surface area contributed by atoms with Crippen LogP contribution in [-0.2, 0) is 0 Å². The van der Waals surface area contributed by atoms with E-state index in [1.165, 1.54) is 12.1 Å². The van der Waals surface area contributed by atoms with Crippen LogP contribution in [0.15, 0.2) is 42.6 Å². The van der Waals surface area contributed by atoms with Gasteiger partial charge in [-0.3, -0.25) is 9.78 Å². The van der Waals surface area contributed by atoms with Crippen LogP contribution >= 0.6 is 0 Å². The minimum absolute atomic E-state index is 0.146. The van der Waals surface area contributed by atoms with Gasteiger partial charge in [-0.05, 0) is 36.6 Å². The fourth-order valence-electron chi connectivity index (χ4n) is 1.92. The Kier molecular flexibility index (Phi) is 5.47. The van der Waals surface area contributed by atoms with Crippen LogP contribution in [0.25, 0.3) is 0 Å². The second-order valence-corrected chi connectivity index (χ2v) is 5.47. The predicted molar refractivity (Wildman–Crippen MR) is 86.5 cm³/mol. The lowest BCUT2D eigenvalue weighted by Gasteiger charge is -2.10. The molecular formula is C17H20FN3O. The summed E-state index contributed by atoms with van der Waals surface area (Å²) in [5, 5.41) is 5.78. The molecule has 5 heteroatoms. The molecule has 0 saturated heterocycles. The van der Waals surface area contributed by atoms with Crippen molar-refractivity contribution in [3.63, 3.8) is 0 Å². The van der Waals surface area contributed by atoms with Crippen molar-refractivity contribution >= 4 is 17.3 Å².